The third-order valence-electron chi connectivity index (χ3n) is 3.32. The molecule has 4 heteroatoms. The molecule has 0 atom stereocenters. The van der Waals surface area contributed by atoms with Gasteiger partial charge in [0.05, 0.1) is 6.61 Å². The summed E-state index contributed by atoms with van der Waals surface area (Å²) in [5, 5.41) is 2.87. The molecule has 0 radical (unpaired) electrons. The smallest absolute Gasteiger partial charge is 0.250 e. The summed E-state index contributed by atoms with van der Waals surface area (Å²) in [6.45, 7) is 1.46. The van der Waals surface area contributed by atoms with E-state index in [2.05, 4.69) is 22.3 Å². The van der Waals surface area contributed by atoms with Crippen LogP contribution in [0.3, 0.4) is 0 Å². The number of anilines is 1. The summed E-state index contributed by atoms with van der Waals surface area (Å²) in [6.07, 6.45) is 0.812. The minimum Gasteiger partial charge on any atom is -0.371 e. The maximum absolute atomic E-state index is 11.9. The van der Waals surface area contributed by atoms with Gasteiger partial charge in [-0.3, -0.25) is 4.79 Å². The monoisotopic (exact) mass is 312 g/mol. The van der Waals surface area contributed by atoms with Gasteiger partial charge in [-0.05, 0) is 43.8 Å². The molecule has 1 N–H and O–H groups in total. The molecule has 0 unspecified atom stereocenters. The van der Waals surface area contributed by atoms with Crippen molar-refractivity contribution in [3.05, 3.63) is 65.7 Å². The fourth-order valence-electron chi connectivity index (χ4n) is 2.31. The Hall–Kier alpha value is -2.17. The van der Waals surface area contributed by atoms with E-state index < -0.39 is 0 Å². The summed E-state index contributed by atoms with van der Waals surface area (Å²) in [4.78, 5) is 14.0. The second-order valence-corrected chi connectivity index (χ2v) is 5.77. The summed E-state index contributed by atoms with van der Waals surface area (Å²) >= 11 is 0. The highest BCUT2D eigenvalue weighted by atomic mass is 16.5. The predicted molar refractivity (Wildman–Crippen MR) is 93.4 cm³/mol. The number of carbonyl (C=O) groups is 1. The first-order valence-corrected chi connectivity index (χ1v) is 7.78. The highest BCUT2D eigenvalue weighted by Crippen LogP contribution is 2.11. The molecular formula is C19H24N2O2. The number of benzene rings is 2. The van der Waals surface area contributed by atoms with Crippen LogP contribution in [0, 0.1) is 0 Å². The number of nitrogens with one attached hydrogen (secondary N) is 1. The van der Waals surface area contributed by atoms with Crippen molar-refractivity contribution in [3.63, 3.8) is 0 Å². The van der Waals surface area contributed by atoms with Gasteiger partial charge in [0.2, 0.25) is 5.91 Å². The largest absolute Gasteiger partial charge is 0.371 e. The Bertz CT molecular complexity index is 612. The van der Waals surface area contributed by atoms with Crippen molar-refractivity contribution in [2.45, 2.75) is 13.0 Å². The second kappa shape index (κ2) is 9.08. The second-order valence-electron chi connectivity index (χ2n) is 5.77. The van der Waals surface area contributed by atoms with Crippen molar-refractivity contribution in [2.24, 2.45) is 0 Å². The van der Waals surface area contributed by atoms with Crippen molar-refractivity contribution in [1.29, 1.82) is 0 Å². The fraction of sp³-hybridized carbons (Fsp3) is 0.316. The van der Waals surface area contributed by atoms with Crippen LogP contribution < -0.4 is 5.32 Å². The van der Waals surface area contributed by atoms with Crippen molar-refractivity contribution in [2.75, 3.05) is 32.6 Å². The Morgan fingerprint density at radius 3 is 2.52 bits per heavy atom. The van der Waals surface area contributed by atoms with Crippen LogP contribution in [0.15, 0.2) is 54.6 Å². The van der Waals surface area contributed by atoms with Gasteiger partial charge in [0.1, 0.15) is 6.61 Å². The number of hydrogen-bond acceptors (Lipinski definition) is 3. The van der Waals surface area contributed by atoms with Crippen molar-refractivity contribution in [3.8, 4) is 0 Å². The van der Waals surface area contributed by atoms with Crippen molar-refractivity contribution < 1.29 is 9.53 Å². The van der Waals surface area contributed by atoms with E-state index in [4.69, 9.17) is 4.74 Å². The molecule has 2 rings (SSSR count). The molecule has 0 aromatic heterocycles. The third-order valence-corrected chi connectivity index (χ3v) is 3.32. The summed E-state index contributed by atoms with van der Waals surface area (Å²) in [5.74, 6) is -0.125. The lowest BCUT2D eigenvalue weighted by atomic mass is 10.2. The topological polar surface area (TPSA) is 41.6 Å². The minimum absolute atomic E-state index is 0.0741. The van der Waals surface area contributed by atoms with E-state index in [1.165, 1.54) is 5.56 Å². The number of ether oxygens (including phenoxy) is 1. The molecule has 2 aromatic rings. The molecule has 0 heterocycles. The van der Waals surface area contributed by atoms with E-state index in [-0.39, 0.29) is 12.5 Å². The molecule has 0 spiro atoms. The molecule has 0 saturated heterocycles. The highest BCUT2D eigenvalue weighted by Gasteiger charge is 2.04. The quantitative estimate of drug-likeness (QED) is 0.762. The Labute approximate surface area is 138 Å². The number of carbonyl (C=O) groups excluding carboxylic acids is 1. The average Bonchev–Trinajstić information content (AvgIpc) is 2.52. The Morgan fingerprint density at radius 2 is 1.78 bits per heavy atom. The van der Waals surface area contributed by atoms with Gasteiger partial charge in [0.25, 0.3) is 0 Å². The van der Waals surface area contributed by atoms with Gasteiger partial charge >= 0.3 is 0 Å². The summed E-state index contributed by atoms with van der Waals surface area (Å²) in [5.41, 5.74) is 3.18. The van der Waals surface area contributed by atoms with E-state index >= 15 is 0 Å². The van der Waals surface area contributed by atoms with Crippen LogP contribution in [0.4, 0.5) is 5.69 Å². The molecule has 0 aliphatic rings. The van der Waals surface area contributed by atoms with Crippen molar-refractivity contribution in [1.82, 2.24) is 4.90 Å². The Balaban J connectivity index is 1.72. The normalized spacial score (nSPS) is 10.7. The predicted octanol–water partition coefficient (Wildman–Crippen LogP) is 2.95. The van der Waals surface area contributed by atoms with Crippen molar-refractivity contribution >= 4 is 11.6 Å². The highest BCUT2D eigenvalue weighted by molar-refractivity contribution is 5.91. The third kappa shape index (κ3) is 6.63. The van der Waals surface area contributed by atoms with Crippen LogP contribution in [-0.4, -0.2) is 38.1 Å². The van der Waals surface area contributed by atoms with Crippen LogP contribution in [0.25, 0.3) is 0 Å². The van der Waals surface area contributed by atoms with E-state index in [1.54, 1.807) is 0 Å². The zero-order chi connectivity index (χ0) is 16.5. The van der Waals surface area contributed by atoms with Gasteiger partial charge in [0.15, 0.2) is 0 Å². The Morgan fingerprint density at radius 1 is 1.04 bits per heavy atom. The first-order chi connectivity index (χ1) is 11.1. The number of nitrogens with zero attached hydrogens (tertiary/aromatic N) is 1. The van der Waals surface area contributed by atoms with Gasteiger partial charge in [-0.25, -0.2) is 0 Å². The summed E-state index contributed by atoms with van der Waals surface area (Å²) in [7, 11) is 4.04. The number of hydrogen-bond donors (Lipinski definition) is 1. The average molecular weight is 312 g/mol. The van der Waals surface area contributed by atoms with Gasteiger partial charge in [-0.1, -0.05) is 42.5 Å². The molecular weight excluding hydrogens is 288 g/mol. The molecule has 23 heavy (non-hydrogen) atoms. The molecule has 2 aromatic carbocycles. The van der Waals surface area contributed by atoms with E-state index in [0.717, 1.165) is 24.2 Å². The molecule has 0 aliphatic carbocycles. The van der Waals surface area contributed by atoms with E-state index in [9.17, 15) is 4.79 Å². The van der Waals surface area contributed by atoms with Gasteiger partial charge < -0.3 is 15.0 Å². The lowest BCUT2D eigenvalue weighted by molar-refractivity contribution is -0.120. The van der Waals surface area contributed by atoms with Crippen LogP contribution in [0.1, 0.15) is 11.1 Å². The summed E-state index contributed by atoms with van der Waals surface area (Å²) in [6, 6.07) is 18.0. The maximum Gasteiger partial charge on any atom is 0.250 e. The maximum atomic E-state index is 11.9. The zero-order valence-corrected chi connectivity index (χ0v) is 13.8. The van der Waals surface area contributed by atoms with Gasteiger partial charge in [-0.2, -0.15) is 0 Å². The molecule has 0 aliphatic heterocycles. The molecule has 4 nitrogen and oxygen atoms in total. The fourth-order valence-corrected chi connectivity index (χ4v) is 2.31. The van der Waals surface area contributed by atoms with Crippen LogP contribution in [0.2, 0.25) is 0 Å². The zero-order valence-electron chi connectivity index (χ0n) is 13.8. The molecule has 122 valence electrons. The minimum atomic E-state index is -0.125. The number of rotatable bonds is 8. The van der Waals surface area contributed by atoms with Gasteiger partial charge in [0, 0.05) is 12.2 Å². The summed E-state index contributed by atoms with van der Waals surface area (Å²) < 4.78 is 5.45. The molecule has 0 saturated carbocycles. The SMILES string of the molecule is CN(C)Cc1cccc(NC(=O)COCCc2ccccc2)c1. The Kier molecular flexibility index (Phi) is 6.78. The van der Waals surface area contributed by atoms with Crippen LogP contribution >= 0.6 is 0 Å². The lowest BCUT2D eigenvalue weighted by Gasteiger charge is -2.11. The standard InChI is InChI=1S/C19H24N2O2/c1-21(2)14-17-9-6-10-18(13-17)20-19(22)15-23-12-11-16-7-4-3-5-8-16/h3-10,13H,11-12,14-15H2,1-2H3,(H,20,22). The van der Waals surface area contributed by atoms with E-state index in [1.807, 2.05) is 56.6 Å². The number of amides is 1. The first kappa shape index (κ1) is 17.2. The van der Waals surface area contributed by atoms with Crippen LogP contribution in [0.5, 0.6) is 0 Å². The molecule has 0 fully saturated rings. The van der Waals surface area contributed by atoms with Crippen LogP contribution in [-0.2, 0) is 22.5 Å². The van der Waals surface area contributed by atoms with E-state index in [0.29, 0.717) is 6.61 Å². The lowest BCUT2D eigenvalue weighted by Crippen LogP contribution is -2.19. The molecule has 0 bridgehead atoms. The molecule has 1 amide bonds. The van der Waals surface area contributed by atoms with Gasteiger partial charge in [-0.15, -0.1) is 0 Å². The first-order valence-electron chi connectivity index (χ1n) is 7.78.